The van der Waals surface area contributed by atoms with Crippen molar-refractivity contribution in [3.63, 3.8) is 0 Å². The van der Waals surface area contributed by atoms with Crippen molar-refractivity contribution in [3.05, 3.63) is 55.6 Å². The molecule has 0 fully saturated rings. The number of rotatable bonds is 3. The summed E-state index contributed by atoms with van der Waals surface area (Å²) in [6.45, 7) is 3.69. The van der Waals surface area contributed by atoms with Crippen LogP contribution in [0.4, 0.5) is 0 Å². The van der Waals surface area contributed by atoms with Crippen LogP contribution in [-0.2, 0) is 9.84 Å². The molecule has 1 aromatic carbocycles. The normalized spacial score (nSPS) is 12.5. The molecule has 3 aromatic rings. The number of fused-ring (bicyclic) bond motifs is 1. The molecule has 0 aliphatic carbocycles. The molecule has 0 spiro atoms. The Balaban J connectivity index is 2.22. The topological polar surface area (TPSA) is 75.2 Å². The number of nitrogens with zero attached hydrogens (tertiary/aromatic N) is 3. The number of nitriles is 1. The Bertz CT molecular complexity index is 1170. The first kappa shape index (κ1) is 18.0. The summed E-state index contributed by atoms with van der Waals surface area (Å²) in [6.07, 6.45) is 3.16. The summed E-state index contributed by atoms with van der Waals surface area (Å²) in [4.78, 5) is 5.53. The van der Waals surface area contributed by atoms with E-state index in [1.807, 2.05) is 13.1 Å². The molecule has 5 nitrogen and oxygen atoms in total. The molecule has 0 saturated heterocycles. The summed E-state index contributed by atoms with van der Waals surface area (Å²) in [5.41, 5.74) is 1.17. The van der Waals surface area contributed by atoms with Gasteiger partial charge in [0, 0.05) is 16.1 Å². The average Bonchev–Trinajstić information content (AvgIpc) is 3.02. The van der Waals surface area contributed by atoms with Crippen LogP contribution < -0.4 is 0 Å². The minimum absolute atomic E-state index is 0.00656. The van der Waals surface area contributed by atoms with E-state index in [0.29, 0.717) is 11.4 Å². The number of thiazole rings is 1. The number of aromatic nitrogens is 2. The van der Waals surface area contributed by atoms with Gasteiger partial charge < -0.3 is 0 Å². The van der Waals surface area contributed by atoms with Gasteiger partial charge in [-0.3, -0.25) is 4.40 Å². The number of aryl methyl sites for hydroxylation is 2. The van der Waals surface area contributed by atoms with Crippen molar-refractivity contribution in [3.8, 4) is 6.07 Å². The van der Waals surface area contributed by atoms with Gasteiger partial charge in [0.1, 0.15) is 6.07 Å². The summed E-state index contributed by atoms with van der Waals surface area (Å²) >= 11 is 13.4. The Kier molecular flexibility index (Phi) is 4.64. The van der Waals surface area contributed by atoms with Crippen LogP contribution >= 0.6 is 34.5 Å². The Labute approximate surface area is 158 Å². The molecule has 0 amide bonds. The van der Waals surface area contributed by atoms with E-state index in [0.717, 1.165) is 9.84 Å². The largest absolute Gasteiger partial charge is 0.290 e. The molecule has 0 radical (unpaired) electrons. The molecular weight excluding hydrogens is 401 g/mol. The lowest BCUT2D eigenvalue weighted by Gasteiger charge is -2.06. The van der Waals surface area contributed by atoms with Crippen molar-refractivity contribution < 1.29 is 8.42 Å². The van der Waals surface area contributed by atoms with Gasteiger partial charge in [0.15, 0.2) is 9.87 Å². The molecule has 0 saturated carbocycles. The molecule has 0 bridgehead atoms. The second kappa shape index (κ2) is 6.46. The summed E-state index contributed by atoms with van der Waals surface area (Å²) in [5, 5.41) is 9.68. The van der Waals surface area contributed by atoms with Crippen molar-refractivity contribution in [1.82, 2.24) is 9.38 Å². The second-order valence-electron chi connectivity index (χ2n) is 5.28. The lowest BCUT2D eigenvalue weighted by Crippen LogP contribution is -2.05. The number of allylic oxidation sites excluding steroid dienone is 1. The molecule has 128 valence electrons. The van der Waals surface area contributed by atoms with Crippen LogP contribution in [0.15, 0.2) is 34.2 Å². The number of sulfone groups is 1. The fourth-order valence-corrected chi connectivity index (χ4v) is 5.12. The third kappa shape index (κ3) is 3.18. The van der Waals surface area contributed by atoms with Gasteiger partial charge in [-0.2, -0.15) is 5.26 Å². The molecule has 0 atom stereocenters. The summed E-state index contributed by atoms with van der Waals surface area (Å²) in [6, 6.07) is 5.86. The van der Waals surface area contributed by atoms with Gasteiger partial charge in [-0.1, -0.05) is 23.2 Å². The number of halogens is 2. The molecule has 0 unspecified atom stereocenters. The first-order chi connectivity index (χ1) is 11.7. The van der Waals surface area contributed by atoms with Crippen molar-refractivity contribution in [1.29, 1.82) is 5.26 Å². The zero-order valence-corrected chi connectivity index (χ0v) is 16.3. The highest BCUT2D eigenvalue weighted by atomic mass is 35.5. The van der Waals surface area contributed by atoms with Gasteiger partial charge >= 0.3 is 0 Å². The number of imidazole rings is 1. The van der Waals surface area contributed by atoms with E-state index in [4.69, 9.17) is 23.2 Å². The maximum Gasteiger partial charge on any atom is 0.218 e. The van der Waals surface area contributed by atoms with Gasteiger partial charge in [0.05, 0.1) is 21.3 Å². The van der Waals surface area contributed by atoms with E-state index in [2.05, 4.69) is 4.98 Å². The van der Waals surface area contributed by atoms with Crippen LogP contribution in [0.1, 0.15) is 16.3 Å². The van der Waals surface area contributed by atoms with E-state index in [-0.39, 0.29) is 14.9 Å². The van der Waals surface area contributed by atoms with Crippen molar-refractivity contribution in [2.75, 3.05) is 0 Å². The van der Waals surface area contributed by atoms with Gasteiger partial charge in [-0.05, 0) is 38.1 Å². The monoisotopic (exact) mass is 411 g/mol. The van der Waals surface area contributed by atoms with Crippen molar-refractivity contribution in [2.24, 2.45) is 0 Å². The number of hydrogen-bond donors (Lipinski definition) is 0. The highest BCUT2D eigenvalue weighted by Crippen LogP contribution is 2.31. The lowest BCUT2D eigenvalue weighted by atomic mass is 10.3. The van der Waals surface area contributed by atoms with E-state index < -0.39 is 14.7 Å². The van der Waals surface area contributed by atoms with E-state index >= 15 is 0 Å². The fourth-order valence-electron chi connectivity index (χ4n) is 2.35. The SMILES string of the molecule is Cc1cn2c(C=C(C#N)S(=O)(=O)c3cc(Cl)ccc3Cl)c(C)nc2s1. The van der Waals surface area contributed by atoms with Crippen molar-refractivity contribution >= 4 is 55.4 Å². The standard InChI is InChI=1S/C16H11Cl2N3O2S2/c1-9-8-21-14(10(2)20-16(21)24-9)6-12(7-19)25(22,23)15-5-11(17)3-4-13(15)18/h3-6,8H,1-2H3. The summed E-state index contributed by atoms with van der Waals surface area (Å²) in [5.74, 6) is 0. The Morgan fingerprint density at radius 3 is 2.76 bits per heavy atom. The lowest BCUT2D eigenvalue weighted by molar-refractivity contribution is 0.603. The maximum atomic E-state index is 12.9. The average molecular weight is 412 g/mol. The molecule has 2 heterocycles. The number of benzene rings is 1. The van der Waals surface area contributed by atoms with Crippen LogP contribution in [0.2, 0.25) is 10.0 Å². The summed E-state index contributed by atoms with van der Waals surface area (Å²) < 4.78 is 27.5. The van der Waals surface area contributed by atoms with Crippen LogP contribution in [0.5, 0.6) is 0 Å². The first-order valence-corrected chi connectivity index (χ1v) is 10.1. The molecule has 3 rings (SSSR count). The van der Waals surface area contributed by atoms with Gasteiger partial charge in [0.2, 0.25) is 9.84 Å². The molecular formula is C16H11Cl2N3O2S2. The highest BCUT2D eigenvalue weighted by Gasteiger charge is 2.25. The summed E-state index contributed by atoms with van der Waals surface area (Å²) in [7, 11) is -4.11. The van der Waals surface area contributed by atoms with E-state index in [1.165, 1.54) is 35.6 Å². The van der Waals surface area contributed by atoms with Gasteiger partial charge in [-0.25, -0.2) is 13.4 Å². The first-order valence-electron chi connectivity index (χ1n) is 7.01. The molecule has 25 heavy (non-hydrogen) atoms. The second-order valence-corrected chi connectivity index (χ2v) is 9.22. The van der Waals surface area contributed by atoms with Gasteiger partial charge in [0.25, 0.3) is 0 Å². The fraction of sp³-hybridized carbons (Fsp3) is 0.125. The molecule has 0 aliphatic heterocycles. The predicted molar refractivity (Wildman–Crippen MR) is 99.8 cm³/mol. The van der Waals surface area contributed by atoms with Crippen molar-refractivity contribution in [2.45, 2.75) is 18.7 Å². The smallest absolute Gasteiger partial charge is 0.218 e. The van der Waals surface area contributed by atoms with Crippen LogP contribution in [0, 0.1) is 25.2 Å². The third-order valence-corrected chi connectivity index (χ3v) is 6.79. The minimum Gasteiger partial charge on any atom is -0.290 e. The Hall–Kier alpha value is -1.85. The molecule has 0 N–H and O–H groups in total. The molecule has 0 aliphatic rings. The molecule has 9 heteroatoms. The van der Waals surface area contributed by atoms with Crippen LogP contribution in [0.25, 0.3) is 11.0 Å². The zero-order chi connectivity index (χ0) is 18.4. The van der Waals surface area contributed by atoms with E-state index in [1.54, 1.807) is 17.4 Å². The van der Waals surface area contributed by atoms with E-state index in [9.17, 15) is 13.7 Å². The Morgan fingerprint density at radius 1 is 1.36 bits per heavy atom. The number of hydrogen-bond acceptors (Lipinski definition) is 5. The third-order valence-electron chi connectivity index (χ3n) is 3.51. The van der Waals surface area contributed by atoms with Crippen LogP contribution in [0.3, 0.4) is 0 Å². The quantitative estimate of drug-likeness (QED) is 0.587. The van der Waals surface area contributed by atoms with Crippen LogP contribution in [-0.4, -0.2) is 17.8 Å². The Morgan fingerprint density at radius 2 is 2.08 bits per heavy atom. The predicted octanol–water partition coefficient (Wildman–Crippen LogP) is 4.66. The minimum atomic E-state index is -4.11. The maximum absolute atomic E-state index is 12.9. The van der Waals surface area contributed by atoms with Gasteiger partial charge in [-0.15, -0.1) is 11.3 Å². The highest BCUT2D eigenvalue weighted by molar-refractivity contribution is 7.95. The molecule has 2 aromatic heterocycles. The zero-order valence-electron chi connectivity index (χ0n) is 13.1.